The molecule has 1 N–H and O–H groups in total. The van der Waals surface area contributed by atoms with Crippen molar-refractivity contribution in [2.24, 2.45) is 0 Å². The van der Waals surface area contributed by atoms with Gasteiger partial charge in [0, 0.05) is 25.2 Å². The Kier molecular flexibility index (Phi) is 4.72. The molecule has 100 valence electrons. The van der Waals surface area contributed by atoms with Gasteiger partial charge in [0.15, 0.2) is 0 Å². The molecule has 1 aromatic heterocycles. The van der Waals surface area contributed by atoms with Gasteiger partial charge in [0.2, 0.25) is 0 Å². The van der Waals surface area contributed by atoms with Crippen molar-refractivity contribution in [3.05, 3.63) is 16.1 Å². The number of carbonyl (C=O) groups excluding carboxylic acids is 1. The number of ether oxygens (including phenoxy) is 1. The van der Waals surface area contributed by atoms with E-state index in [0.717, 1.165) is 37.5 Å². The molecular weight excluding hydrogens is 248 g/mol. The lowest BCUT2D eigenvalue weighted by molar-refractivity contribution is 0.0933. The Hall–Kier alpha value is -0.940. The first kappa shape index (κ1) is 13.5. The highest BCUT2D eigenvalue weighted by Gasteiger charge is 2.18. The van der Waals surface area contributed by atoms with Crippen LogP contribution in [0.2, 0.25) is 0 Å². The van der Waals surface area contributed by atoms with Gasteiger partial charge in [-0.2, -0.15) is 0 Å². The molecule has 1 unspecified atom stereocenters. The van der Waals surface area contributed by atoms with Crippen LogP contribution in [0.3, 0.4) is 0 Å². The molecule has 2 heterocycles. The number of aromatic nitrogens is 1. The van der Waals surface area contributed by atoms with Gasteiger partial charge in [0.25, 0.3) is 5.91 Å². The fourth-order valence-corrected chi connectivity index (χ4v) is 2.79. The van der Waals surface area contributed by atoms with E-state index >= 15 is 0 Å². The van der Waals surface area contributed by atoms with E-state index < -0.39 is 0 Å². The fourth-order valence-electron chi connectivity index (χ4n) is 1.96. The Morgan fingerprint density at radius 2 is 2.33 bits per heavy atom. The Balaban J connectivity index is 1.93. The number of amides is 1. The molecule has 1 saturated heterocycles. The summed E-state index contributed by atoms with van der Waals surface area (Å²) in [5.41, 5.74) is 0. The summed E-state index contributed by atoms with van der Waals surface area (Å²) < 4.78 is 5.39. The lowest BCUT2D eigenvalue weighted by Crippen LogP contribution is -2.34. The number of nitrogens with zero attached hydrogens (tertiary/aromatic N) is 1. The second-order valence-electron chi connectivity index (χ2n) is 4.93. The summed E-state index contributed by atoms with van der Waals surface area (Å²) in [4.78, 5) is 17.1. The molecule has 1 aliphatic heterocycles. The van der Waals surface area contributed by atoms with Crippen molar-refractivity contribution in [2.75, 3.05) is 13.2 Å². The smallest absolute Gasteiger partial charge is 0.263 e. The van der Waals surface area contributed by atoms with Crippen LogP contribution in [0.25, 0.3) is 0 Å². The monoisotopic (exact) mass is 268 g/mol. The van der Waals surface area contributed by atoms with Gasteiger partial charge in [-0.3, -0.25) is 4.79 Å². The molecule has 1 aliphatic rings. The molecule has 4 nitrogen and oxygen atoms in total. The Morgan fingerprint density at radius 1 is 1.50 bits per heavy atom. The molecule has 0 aromatic carbocycles. The summed E-state index contributed by atoms with van der Waals surface area (Å²) >= 11 is 1.49. The molecule has 1 atom stereocenters. The van der Waals surface area contributed by atoms with Crippen molar-refractivity contribution in [2.45, 2.75) is 45.1 Å². The predicted octanol–water partition coefficient (Wildman–Crippen LogP) is 2.57. The Bertz CT molecular complexity index is 395. The molecule has 0 radical (unpaired) electrons. The maximum atomic E-state index is 12.1. The number of hydrogen-bond acceptors (Lipinski definition) is 4. The zero-order chi connectivity index (χ0) is 13.0. The zero-order valence-electron chi connectivity index (χ0n) is 10.9. The van der Waals surface area contributed by atoms with E-state index in [-0.39, 0.29) is 11.9 Å². The Morgan fingerprint density at radius 3 is 3.06 bits per heavy atom. The van der Waals surface area contributed by atoms with Gasteiger partial charge < -0.3 is 10.1 Å². The minimum absolute atomic E-state index is 0.00583. The molecular formula is C13H20N2O2S. The van der Waals surface area contributed by atoms with Crippen LogP contribution in [0.1, 0.15) is 53.7 Å². The quantitative estimate of drug-likeness (QED) is 0.916. The molecule has 2 rings (SSSR count). The van der Waals surface area contributed by atoms with Crippen molar-refractivity contribution in [3.63, 3.8) is 0 Å². The first-order chi connectivity index (χ1) is 8.66. The maximum Gasteiger partial charge on any atom is 0.263 e. The minimum atomic E-state index is 0.00583. The summed E-state index contributed by atoms with van der Waals surface area (Å²) in [5.74, 6) is 0.383. The number of thiazole rings is 1. The van der Waals surface area contributed by atoms with E-state index in [4.69, 9.17) is 4.74 Å². The van der Waals surface area contributed by atoms with Gasteiger partial charge in [0.05, 0.1) is 11.2 Å². The number of nitrogens with one attached hydrogen (secondary N) is 1. The third-order valence-corrected chi connectivity index (χ3v) is 4.33. The van der Waals surface area contributed by atoms with Crippen LogP contribution < -0.4 is 5.32 Å². The topological polar surface area (TPSA) is 51.2 Å². The maximum absolute atomic E-state index is 12.1. The largest absolute Gasteiger partial charge is 0.381 e. The van der Waals surface area contributed by atoms with Crippen LogP contribution in [0, 0.1) is 0 Å². The second kappa shape index (κ2) is 6.29. The number of rotatable bonds is 3. The summed E-state index contributed by atoms with van der Waals surface area (Å²) in [6.45, 7) is 5.72. The second-order valence-corrected chi connectivity index (χ2v) is 5.99. The number of hydrogen-bond donors (Lipinski definition) is 1. The summed E-state index contributed by atoms with van der Waals surface area (Å²) in [5, 5.41) is 4.10. The van der Waals surface area contributed by atoms with E-state index in [9.17, 15) is 4.79 Å². The summed E-state index contributed by atoms with van der Waals surface area (Å²) in [6.07, 6.45) is 4.61. The van der Waals surface area contributed by atoms with Crippen LogP contribution in [0.4, 0.5) is 0 Å². The van der Waals surface area contributed by atoms with Crippen LogP contribution in [-0.2, 0) is 4.74 Å². The van der Waals surface area contributed by atoms with Gasteiger partial charge in [-0.15, -0.1) is 11.3 Å². The standard InChI is InChI=1S/C13H20N2O2S/c1-9(2)13-14-8-11(18-13)12(16)15-10-4-3-6-17-7-5-10/h8-10H,3-7H2,1-2H3,(H,15,16). The van der Waals surface area contributed by atoms with Crippen molar-refractivity contribution < 1.29 is 9.53 Å². The highest BCUT2D eigenvalue weighted by molar-refractivity contribution is 7.13. The lowest BCUT2D eigenvalue weighted by atomic mass is 10.1. The first-order valence-electron chi connectivity index (χ1n) is 6.51. The van der Waals surface area contributed by atoms with Crippen LogP contribution >= 0.6 is 11.3 Å². The SMILES string of the molecule is CC(C)c1ncc(C(=O)NC2CCCOCC2)s1. The van der Waals surface area contributed by atoms with Crippen LogP contribution in [0.5, 0.6) is 0 Å². The average Bonchev–Trinajstić information content (AvgIpc) is 2.70. The summed E-state index contributed by atoms with van der Waals surface area (Å²) in [6, 6.07) is 0.240. The summed E-state index contributed by atoms with van der Waals surface area (Å²) in [7, 11) is 0. The first-order valence-corrected chi connectivity index (χ1v) is 7.33. The van der Waals surface area contributed by atoms with Gasteiger partial charge >= 0.3 is 0 Å². The van der Waals surface area contributed by atoms with Crippen molar-refractivity contribution >= 4 is 17.2 Å². The van der Waals surface area contributed by atoms with E-state index in [1.807, 2.05) is 0 Å². The van der Waals surface area contributed by atoms with E-state index in [1.165, 1.54) is 11.3 Å². The van der Waals surface area contributed by atoms with Crippen LogP contribution in [0.15, 0.2) is 6.20 Å². The van der Waals surface area contributed by atoms with Gasteiger partial charge in [0.1, 0.15) is 4.88 Å². The molecule has 18 heavy (non-hydrogen) atoms. The normalized spacial score (nSPS) is 20.7. The molecule has 0 aliphatic carbocycles. The van der Waals surface area contributed by atoms with Crippen molar-refractivity contribution in [3.8, 4) is 0 Å². The fraction of sp³-hybridized carbons (Fsp3) is 0.692. The van der Waals surface area contributed by atoms with E-state index in [0.29, 0.717) is 10.8 Å². The lowest BCUT2D eigenvalue weighted by Gasteiger charge is -2.14. The molecule has 0 spiro atoms. The van der Waals surface area contributed by atoms with Crippen LogP contribution in [-0.4, -0.2) is 30.1 Å². The van der Waals surface area contributed by atoms with Crippen molar-refractivity contribution in [1.29, 1.82) is 0 Å². The molecule has 5 heteroatoms. The predicted molar refractivity (Wildman–Crippen MR) is 72.1 cm³/mol. The third-order valence-electron chi connectivity index (χ3n) is 3.03. The third kappa shape index (κ3) is 3.53. The average molecular weight is 268 g/mol. The molecule has 1 amide bonds. The highest BCUT2D eigenvalue weighted by atomic mass is 32.1. The molecule has 1 fully saturated rings. The molecule has 0 saturated carbocycles. The van der Waals surface area contributed by atoms with Gasteiger partial charge in [-0.25, -0.2) is 4.98 Å². The number of carbonyl (C=O) groups is 1. The van der Waals surface area contributed by atoms with Gasteiger partial charge in [-0.1, -0.05) is 13.8 Å². The molecule has 1 aromatic rings. The van der Waals surface area contributed by atoms with Gasteiger partial charge in [-0.05, 0) is 19.3 Å². The highest BCUT2D eigenvalue weighted by Crippen LogP contribution is 2.21. The van der Waals surface area contributed by atoms with E-state index in [1.54, 1.807) is 6.20 Å². The van der Waals surface area contributed by atoms with Crippen molar-refractivity contribution in [1.82, 2.24) is 10.3 Å². The van der Waals surface area contributed by atoms with E-state index in [2.05, 4.69) is 24.1 Å². The zero-order valence-corrected chi connectivity index (χ0v) is 11.8. The minimum Gasteiger partial charge on any atom is -0.381 e. The Labute approximate surface area is 112 Å². The molecule has 0 bridgehead atoms.